The molecule has 7 nitrogen and oxygen atoms in total. The number of methoxy groups -OCH3 is 1. The molecular formula is C25H25N3O4S2. The molecule has 4 rings (SSSR count). The van der Waals surface area contributed by atoms with Gasteiger partial charge in [-0.1, -0.05) is 41.7 Å². The van der Waals surface area contributed by atoms with Gasteiger partial charge in [-0.2, -0.15) is 4.99 Å². The van der Waals surface area contributed by atoms with Gasteiger partial charge >= 0.3 is 0 Å². The van der Waals surface area contributed by atoms with Gasteiger partial charge in [-0.15, -0.1) is 0 Å². The molecule has 1 aromatic heterocycles. The van der Waals surface area contributed by atoms with Crippen LogP contribution >= 0.6 is 11.3 Å². The first-order chi connectivity index (χ1) is 16.3. The maximum Gasteiger partial charge on any atom is 0.279 e. The molecule has 0 saturated heterocycles. The number of nitrogens with one attached hydrogen (secondary N) is 1. The molecule has 0 aliphatic carbocycles. The van der Waals surface area contributed by atoms with Gasteiger partial charge < -0.3 is 9.30 Å². The Labute approximate surface area is 202 Å². The van der Waals surface area contributed by atoms with Crippen LogP contribution in [-0.4, -0.2) is 32.6 Å². The monoisotopic (exact) mass is 495 g/mol. The molecule has 0 aliphatic heterocycles. The van der Waals surface area contributed by atoms with Crippen LogP contribution < -0.4 is 9.52 Å². The maximum absolute atomic E-state index is 13.1. The molecule has 0 unspecified atom stereocenters. The van der Waals surface area contributed by atoms with Crippen LogP contribution in [0.1, 0.15) is 21.5 Å². The van der Waals surface area contributed by atoms with E-state index in [4.69, 9.17) is 4.74 Å². The molecule has 4 aromatic rings. The zero-order valence-corrected chi connectivity index (χ0v) is 20.7. The van der Waals surface area contributed by atoms with Gasteiger partial charge in [0.2, 0.25) is 0 Å². The molecule has 0 saturated carbocycles. The molecular weight excluding hydrogens is 470 g/mol. The third-order valence-corrected chi connectivity index (χ3v) is 7.87. The Hall–Kier alpha value is -3.27. The van der Waals surface area contributed by atoms with Gasteiger partial charge in [0, 0.05) is 24.9 Å². The van der Waals surface area contributed by atoms with E-state index < -0.39 is 15.9 Å². The van der Waals surface area contributed by atoms with E-state index in [2.05, 4.69) is 21.8 Å². The Morgan fingerprint density at radius 2 is 1.82 bits per heavy atom. The van der Waals surface area contributed by atoms with E-state index >= 15 is 0 Å². The van der Waals surface area contributed by atoms with Crippen molar-refractivity contribution in [2.75, 3.05) is 18.4 Å². The van der Waals surface area contributed by atoms with Gasteiger partial charge in [0.1, 0.15) is 0 Å². The number of hydrogen-bond acceptors (Lipinski definition) is 5. The second kappa shape index (κ2) is 9.92. The zero-order chi connectivity index (χ0) is 24.3. The number of rotatable bonds is 7. The fourth-order valence-electron chi connectivity index (χ4n) is 3.68. The summed E-state index contributed by atoms with van der Waals surface area (Å²) in [7, 11) is -2.13. The number of aryl methyl sites for hydroxylation is 2. The number of fused-ring (bicyclic) bond motifs is 1. The topological polar surface area (TPSA) is 89.8 Å². The molecule has 34 heavy (non-hydrogen) atoms. The summed E-state index contributed by atoms with van der Waals surface area (Å²) in [5.41, 5.74) is 3.84. The average Bonchev–Trinajstić information content (AvgIpc) is 3.15. The second-order valence-electron chi connectivity index (χ2n) is 7.88. The van der Waals surface area contributed by atoms with Crippen LogP contribution in [0.25, 0.3) is 10.2 Å². The van der Waals surface area contributed by atoms with Crippen molar-refractivity contribution in [2.24, 2.45) is 4.99 Å². The van der Waals surface area contributed by atoms with Gasteiger partial charge in [0.05, 0.1) is 21.7 Å². The number of anilines is 1. The summed E-state index contributed by atoms with van der Waals surface area (Å²) < 4.78 is 36.1. The molecule has 1 heterocycles. The summed E-state index contributed by atoms with van der Waals surface area (Å²) in [5, 5.41) is 0. The van der Waals surface area contributed by atoms with Gasteiger partial charge in [-0.05, 0) is 61.4 Å². The zero-order valence-electron chi connectivity index (χ0n) is 19.1. The predicted octanol–water partition coefficient (Wildman–Crippen LogP) is 4.51. The minimum absolute atomic E-state index is 0.145. The largest absolute Gasteiger partial charge is 0.383 e. The highest BCUT2D eigenvalue weighted by molar-refractivity contribution is 7.92. The lowest BCUT2D eigenvalue weighted by Crippen LogP contribution is -2.19. The molecule has 0 aliphatic rings. The number of amides is 1. The lowest BCUT2D eigenvalue weighted by atomic mass is 10.1. The number of hydrogen-bond donors (Lipinski definition) is 1. The molecule has 1 amide bonds. The van der Waals surface area contributed by atoms with Crippen LogP contribution in [0.5, 0.6) is 0 Å². The van der Waals surface area contributed by atoms with Gasteiger partial charge in [0.15, 0.2) is 4.80 Å². The van der Waals surface area contributed by atoms with E-state index in [0.29, 0.717) is 23.6 Å². The van der Waals surface area contributed by atoms with Crippen LogP contribution in [-0.2, 0) is 21.3 Å². The summed E-state index contributed by atoms with van der Waals surface area (Å²) in [5.74, 6) is -0.451. The highest BCUT2D eigenvalue weighted by Crippen LogP contribution is 2.24. The Bertz CT molecular complexity index is 1520. The third kappa shape index (κ3) is 5.11. The van der Waals surface area contributed by atoms with E-state index in [1.54, 1.807) is 43.5 Å². The summed E-state index contributed by atoms with van der Waals surface area (Å²) in [4.78, 5) is 18.2. The molecule has 3 aromatic carbocycles. The highest BCUT2D eigenvalue weighted by Gasteiger charge is 2.15. The van der Waals surface area contributed by atoms with E-state index in [1.807, 2.05) is 18.4 Å². The minimum atomic E-state index is -3.77. The molecule has 0 fully saturated rings. The molecule has 0 radical (unpaired) electrons. The first-order valence-corrected chi connectivity index (χ1v) is 12.9. The van der Waals surface area contributed by atoms with E-state index in [1.165, 1.54) is 29.5 Å². The number of carbonyl (C=O) groups excluding carboxylic acids is 1. The molecule has 176 valence electrons. The van der Waals surface area contributed by atoms with Gasteiger partial charge in [0.25, 0.3) is 15.9 Å². The molecule has 0 spiro atoms. The van der Waals surface area contributed by atoms with Crippen molar-refractivity contribution in [1.82, 2.24) is 4.57 Å². The first kappa shape index (κ1) is 23.9. The highest BCUT2D eigenvalue weighted by atomic mass is 32.2. The summed E-state index contributed by atoms with van der Waals surface area (Å²) in [6.07, 6.45) is 0. The van der Waals surface area contributed by atoms with Crippen LogP contribution in [0.15, 0.2) is 76.6 Å². The minimum Gasteiger partial charge on any atom is -0.383 e. The van der Waals surface area contributed by atoms with Gasteiger partial charge in [-0.25, -0.2) is 8.42 Å². The predicted molar refractivity (Wildman–Crippen MR) is 135 cm³/mol. The lowest BCUT2D eigenvalue weighted by molar-refractivity contribution is 0.0997. The summed E-state index contributed by atoms with van der Waals surface area (Å²) in [6, 6.07) is 18.6. The standard InChI is InChI=1S/C25H25N3O4S2/c1-17-14-18(2)23-22(15-17)28(12-13-32-3)25(33-23)26-24(29)19-8-7-9-20(16-19)27-34(30,31)21-10-5-4-6-11-21/h4-11,14-16,27H,12-13H2,1-3H3. The SMILES string of the molecule is COCCn1c(=NC(=O)c2cccc(NS(=O)(=O)c3ccccc3)c2)sc2c(C)cc(C)cc21. The normalized spacial score (nSPS) is 12.3. The number of ether oxygens (including phenoxy) is 1. The fourth-order valence-corrected chi connectivity index (χ4v) is 5.85. The average molecular weight is 496 g/mol. The molecule has 9 heteroatoms. The van der Waals surface area contributed by atoms with E-state index in [9.17, 15) is 13.2 Å². The smallest absolute Gasteiger partial charge is 0.279 e. The molecule has 1 N–H and O–H groups in total. The number of nitrogens with zero attached hydrogens (tertiary/aromatic N) is 2. The van der Waals surface area contributed by atoms with Crippen molar-refractivity contribution in [1.29, 1.82) is 0 Å². The lowest BCUT2D eigenvalue weighted by Gasteiger charge is -2.08. The van der Waals surface area contributed by atoms with Crippen molar-refractivity contribution < 1.29 is 17.9 Å². The molecule has 0 atom stereocenters. The maximum atomic E-state index is 13.1. The van der Waals surface area contributed by atoms with Crippen molar-refractivity contribution in [3.63, 3.8) is 0 Å². The fraction of sp³-hybridized carbons (Fsp3) is 0.200. The quantitative estimate of drug-likeness (QED) is 0.409. The van der Waals surface area contributed by atoms with Crippen molar-refractivity contribution in [2.45, 2.75) is 25.3 Å². The molecule has 0 bridgehead atoms. The Morgan fingerprint density at radius 1 is 1.06 bits per heavy atom. The van der Waals surface area contributed by atoms with Crippen LogP contribution in [0.4, 0.5) is 5.69 Å². The number of benzene rings is 3. The third-order valence-electron chi connectivity index (χ3n) is 5.25. The van der Waals surface area contributed by atoms with Gasteiger partial charge in [-0.3, -0.25) is 9.52 Å². The van der Waals surface area contributed by atoms with Crippen LogP contribution in [0.3, 0.4) is 0 Å². The second-order valence-corrected chi connectivity index (χ2v) is 10.5. The van der Waals surface area contributed by atoms with Crippen LogP contribution in [0, 0.1) is 13.8 Å². The Morgan fingerprint density at radius 3 is 2.56 bits per heavy atom. The van der Waals surface area contributed by atoms with Crippen LogP contribution in [0.2, 0.25) is 0 Å². The Balaban J connectivity index is 1.70. The van der Waals surface area contributed by atoms with E-state index in [0.717, 1.165) is 21.3 Å². The number of aromatic nitrogens is 1. The summed E-state index contributed by atoms with van der Waals surface area (Å²) >= 11 is 1.45. The van der Waals surface area contributed by atoms with Crippen molar-refractivity contribution in [3.8, 4) is 0 Å². The number of sulfonamides is 1. The first-order valence-electron chi connectivity index (χ1n) is 10.6. The Kier molecular flexibility index (Phi) is 6.97. The number of carbonyl (C=O) groups is 1. The number of thiazole rings is 1. The summed E-state index contributed by atoms with van der Waals surface area (Å²) in [6.45, 7) is 5.12. The van der Waals surface area contributed by atoms with Crippen molar-refractivity contribution >= 4 is 43.2 Å². The van der Waals surface area contributed by atoms with Crippen molar-refractivity contribution in [3.05, 3.63) is 88.2 Å². The van der Waals surface area contributed by atoms with E-state index in [-0.39, 0.29) is 10.5 Å².